The summed E-state index contributed by atoms with van der Waals surface area (Å²) in [7, 11) is 0. The maximum atomic E-state index is 10.7. The first kappa shape index (κ1) is 6.85. The Morgan fingerprint density at radius 2 is 2.50 bits per heavy atom. The van der Waals surface area contributed by atoms with Crippen LogP contribution in [0.2, 0.25) is 0 Å². The van der Waals surface area contributed by atoms with Crippen LogP contribution in [-0.2, 0) is 9.53 Å². The maximum absolute atomic E-state index is 10.7. The van der Waals surface area contributed by atoms with Crippen molar-refractivity contribution < 1.29 is 14.3 Å². The summed E-state index contributed by atoms with van der Waals surface area (Å²) in [6, 6.07) is 0. The fourth-order valence-electron chi connectivity index (χ4n) is 0.824. The van der Waals surface area contributed by atoms with Gasteiger partial charge in [0.2, 0.25) is 0 Å². The van der Waals surface area contributed by atoms with Gasteiger partial charge in [-0.3, -0.25) is 4.79 Å². The standard InChI is InChI=1S/C5H8N2O3/c6-5(9)10-3-1-2-7-4(3)8/h3H,1-2H2,(H2,6,9)(H,7,8)/t3-/m1/s1. The second-order valence-electron chi connectivity index (χ2n) is 2.01. The lowest BCUT2D eigenvalue weighted by molar-refractivity contribution is -0.126. The van der Waals surface area contributed by atoms with Gasteiger partial charge in [0.05, 0.1) is 0 Å². The Kier molecular flexibility index (Phi) is 1.75. The summed E-state index contributed by atoms with van der Waals surface area (Å²) >= 11 is 0. The third kappa shape index (κ3) is 1.37. The predicted octanol–water partition coefficient (Wildman–Crippen LogP) is -1.03. The molecule has 0 aromatic heterocycles. The Bertz CT molecular complexity index is 168. The molecule has 2 amide bonds. The molecule has 0 aliphatic carbocycles. The van der Waals surface area contributed by atoms with E-state index in [-0.39, 0.29) is 5.91 Å². The van der Waals surface area contributed by atoms with Crippen molar-refractivity contribution in [1.82, 2.24) is 5.32 Å². The lowest BCUT2D eigenvalue weighted by Crippen LogP contribution is -2.29. The Balaban J connectivity index is 2.40. The van der Waals surface area contributed by atoms with Gasteiger partial charge in [-0.1, -0.05) is 0 Å². The molecule has 1 fully saturated rings. The largest absolute Gasteiger partial charge is 0.436 e. The van der Waals surface area contributed by atoms with Crippen LogP contribution in [0.1, 0.15) is 6.42 Å². The minimum atomic E-state index is -0.901. The highest BCUT2D eigenvalue weighted by molar-refractivity contribution is 5.84. The second-order valence-corrected chi connectivity index (χ2v) is 2.01. The normalized spacial score (nSPS) is 24.0. The summed E-state index contributed by atoms with van der Waals surface area (Å²) in [6.07, 6.45) is -1.05. The van der Waals surface area contributed by atoms with Crippen LogP contribution in [-0.4, -0.2) is 24.6 Å². The van der Waals surface area contributed by atoms with Crippen molar-refractivity contribution in [3.63, 3.8) is 0 Å². The second kappa shape index (κ2) is 2.55. The molecular formula is C5H8N2O3. The van der Waals surface area contributed by atoms with Crippen LogP contribution in [0.5, 0.6) is 0 Å². The van der Waals surface area contributed by atoms with Crippen LogP contribution in [0, 0.1) is 0 Å². The van der Waals surface area contributed by atoms with Crippen LogP contribution in [0.25, 0.3) is 0 Å². The Hall–Kier alpha value is -1.26. The van der Waals surface area contributed by atoms with Crippen molar-refractivity contribution in [3.8, 4) is 0 Å². The van der Waals surface area contributed by atoms with E-state index in [2.05, 4.69) is 10.1 Å². The molecule has 0 saturated carbocycles. The summed E-state index contributed by atoms with van der Waals surface area (Å²) in [5, 5.41) is 2.50. The third-order valence-electron chi connectivity index (χ3n) is 1.26. The summed E-state index contributed by atoms with van der Waals surface area (Å²) < 4.78 is 4.45. The molecule has 0 bridgehead atoms. The van der Waals surface area contributed by atoms with Gasteiger partial charge >= 0.3 is 6.09 Å². The molecule has 1 aliphatic rings. The Morgan fingerprint density at radius 1 is 1.80 bits per heavy atom. The van der Waals surface area contributed by atoms with Crippen molar-refractivity contribution in [2.45, 2.75) is 12.5 Å². The van der Waals surface area contributed by atoms with Gasteiger partial charge in [-0.15, -0.1) is 0 Å². The number of hydrogen-bond donors (Lipinski definition) is 2. The molecule has 5 heteroatoms. The van der Waals surface area contributed by atoms with Crippen LogP contribution >= 0.6 is 0 Å². The lowest BCUT2D eigenvalue weighted by Gasteiger charge is -2.04. The zero-order chi connectivity index (χ0) is 7.56. The van der Waals surface area contributed by atoms with E-state index in [1.165, 1.54) is 0 Å². The third-order valence-corrected chi connectivity index (χ3v) is 1.26. The van der Waals surface area contributed by atoms with Crippen molar-refractivity contribution >= 4 is 12.0 Å². The first-order valence-corrected chi connectivity index (χ1v) is 2.94. The first-order chi connectivity index (χ1) is 4.70. The number of nitrogens with two attached hydrogens (primary N) is 1. The monoisotopic (exact) mass is 144 g/mol. The molecule has 56 valence electrons. The van der Waals surface area contributed by atoms with Crippen LogP contribution < -0.4 is 11.1 Å². The molecule has 1 rings (SSSR count). The smallest absolute Gasteiger partial charge is 0.405 e. The number of carbonyl (C=O) groups excluding carboxylic acids is 2. The number of rotatable bonds is 1. The molecule has 0 unspecified atom stereocenters. The van der Waals surface area contributed by atoms with Crippen LogP contribution in [0.4, 0.5) is 4.79 Å². The number of ether oxygens (including phenoxy) is 1. The van der Waals surface area contributed by atoms with Crippen molar-refractivity contribution in [2.75, 3.05) is 6.54 Å². The van der Waals surface area contributed by atoms with Gasteiger partial charge in [-0.25, -0.2) is 4.79 Å². The SMILES string of the molecule is NC(=O)O[C@@H]1CCNC1=O. The summed E-state index contributed by atoms with van der Waals surface area (Å²) in [5.74, 6) is -0.265. The molecule has 1 heterocycles. The molecule has 0 radical (unpaired) electrons. The van der Waals surface area contributed by atoms with Crippen LogP contribution in [0.3, 0.4) is 0 Å². The first-order valence-electron chi connectivity index (χ1n) is 2.94. The van der Waals surface area contributed by atoms with Gasteiger partial charge < -0.3 is 15.8 Å². The van der Waals surface area contributed by atoms with E-state index < -0.39 is 12.2 Å². The molecule has 3 N–H and O–H groups in total. The van der Waals surface area contributed by atoms with Gasteiger partial charge in [-0.2, -0.15) is 0 Å². The molecule has 0 spiro atoms. The quantitative estimate of drug-likeness (QED) is 0.493. The molecular weight excluding hydrogens is 136 g/mol. The molecule has 0 aromatic rings. The average Bonchev–Trinajstić information content (AvgIpc) is 2.15. The topological polar surface area (TPSA) is 81.4 Å². The summed E-state index contributed by atoms with van der Waals surface area (Å²) in [5.41, 5.74) is 4.69. The fourth-order valence-corrected chi connectivity index (χ4v) is 0.824. The van der Waals surface area contributed by atoms with E-state index in [4.69, 9.17) is 5.73 Å². The van der Waals surface area contributed by atoms with E-state index in [1.807, 2.05) is 0 Å². The molecule has 1 saturated heterocycles. The lowest BCUT2D eigenvalue weighted by atomic mass is 10.3. The highest BCUT2D eigenvalue weighted by atomic mass is 16.6. The van der Waals surface area contributed by atoms with Gasteiger partial charge in [-0.05, 0) is 0 Å². The molecule has 0 aromatic carbocycles. The zero-order valence-corrected chi connectivity index (χ0v) is 5.29. The zero-order valence-electron chi connectivity index (χ0n) is 5.29. The van der Waals surface area contributed by atoms with E-state index in [0.29, 0.717) is 13.0 Å². The van der Waals surface area contributed by atoms with Crippen molar-refractivity contribution in [1.29, 1.82) is 0 Å². The average molecular weight is 144 g/mol. The molecule has 5 nitrogen and oxygen atoms in total. The number of primary amides is 1. The highest BCUT2D eigenvalue weighted by Gasteiger charge is 2.26. The molecule has 1 aliphatic heterocycles. The minimum absolute atomic E-state index is 0.265. The number of carbonyl (C=O) groups is 2. The maximum Gasteiger partial charge on any atom is 0.405 e. The minimum Gasteiger partial charge on any atom is -0.436 e. The Labute approximate surface area is 57.5 Å². The van der Waals surface area contributed by atoms with Gasteiger partial charge in [0, 0.05) is 13.0 Å². The van der Waals surface area contributed by atoms with E-state index in [9.17, 15) is 9.59 Å². The fraction of sp³-hybridized carbons (Fsp3) is 0.600. The van der Waals surface area contributed by atoms with Crippen molar-refractivity contribution in [3.05, 3.63) is 0 Å². The van der Waals surface area contributed by atoms with E-state index in [1.54, 1.807) is 0 Å². The van der Waals surface area contributed by atoms with Crippen molar-refractivity contribution in [2.24, 2.45) is 5.73 Å². The number of hydrogen-bond acceptors (Lipinski definition) is 3. The number of amides is 2. The summed E-state index contributed by atoms with van der Waals surface area (Å²) in [4.78, 5) is 20.8. The predicted molar refractivity (Wildman–Crippen MR) is 32.1 cm³/mol. The van der Waals surface area contributed by atoms with E-state index >= 15 is 0 Å². The summed E-state index contributed by atoms with van der Waals surface area (Å²) in [6.45, 7) is 0.552. The highest BCUT2D eigenvalue weighted by Crippen LogP contribution is 2.03. The van der Waals surface area contributed by atoms with Gasteiger partial charge in [0.15, 0.2) is 6.10 Å². The van der Waals surface area contributed by atoms with E-state index in [0.717, 1.165) is 0 Å². The van der Waals surface area contributed by atoms with Gasteiger partial charge in [0.25, 0.3) is 5.91 Å². The molecule has 1 atom stereocenters. The van der Waals surface area contributed by atoms with Gasteiger partial charge in [0.1, 0.15) is 0 Å². The Morgan fingerprint density at radius 3 is 2.90 bits per heavy atom. The van der Waals surface area contributed by atoms with Crippen LogP contribution in [0.15, 0.2) is 0 Å². The molecule has 10 heavy (non-hydrogen) atoms. The number of nitrogens with one attached hydrogen (secondary N) is 1.